The molecular formula is C25H22N4O3S. The van der Waals surface area contributed by atoms with Crippen molar-refractivity contribution >= 4 is 44.7 Å². The molecule has 1 fully saturated rings. The summed E-state index contributed by atoms with van der Waals surface area (Å²) < 4.78 is 1.07. The summed E-state index contributed by atoms with van der Waals surface area (Å²) in [5.74, 6) is -0.848. The van der Waals surface area contributed by atoms with E-state index in [0.29, 0.717) is 11.4 Å². The molecule has 1 unspecified atom stereocenters. The first kappa shape index (κ1) is 21.1. The molecule has 0 saturated carbocycles. The van der Waals surface area contributed by atoms with Gasteiger partial charge in [-0.25, -0.2) is 4.98 Å². The van der Waals surface area contributed by atoms with Gasteiger partial charge in [0, 0.05) is 24.8 Å². The number of amides is 2. The van der Waals surface area contributed by atoms with Crippen molar-refractivity contribution in [2.24, 2.45) is 5.92 Å². The monoisotopic (exact) mass is 458 g/mol. The predicted molar refractivity (Wildman–Crippen MR) is 128 cm³/mol. The number of hydrogen-bond acceptors (Lipinski definition) is 6. The number of thiazole rings is 1. The zero-order valence-electron chi connectivity index (χ0n) is 18.0. The topological polar surface area (TPSA) is 86.6 Å². The van der Waals surface area contributed by atoms with Gasteiger partial charge in [-0.2, -0.15) is 0 Å². The lowest BCUT2D eigenvalue weighted by atomic mass is 10.1. The summed E-state index contributed by atoms with van der Waals surface area (Å²) in [7, 11) is 0. The van der Waals surface area contributed by atoms with Gasteiger partial charge in [-0.15, -0.1) is 11.3 Å². The molecule has 4 aromatic rings. The van der Waals surface area contributed by atoms with E-state index in [4.69, 9.17) is 0 Å². The van der Waals surface area contributed by atoms with Crippen molar-refractivity contribution in [2.45, 2.75) is 19.9 Å². The number of phenolic OH excluding ortho intramolecular Hbond substituents is 1. The number of aromatic nitrogens is 2. The Hall–Kier alpha value is -3.78. The Morgan fingerprint density at radius 2 is 2.00 bits per heavy atom. The fraction of sp³-hybridized carbons (Fsp3) is 0.200. The summed E-state index contributed by atoms with van der Waals surface area (Å²) in [6.45, 7) is 2.43. The van der Waals surface area contributed by atoms with Crippen LogP contribution in [0.2, 0.25) is 0 Å². The third-order valence-corrected chi connectivity index (χ3v) is 6.70. The molecular weight excluding hydrogens is 436 g/mol. The standard InChI is InChI=1S/C25H22N4O3S/c1-16-27-20-13-19(9-10-23(20)33-16)28-14-17(12-24(28)31)25(32)29(15-18-6-4-5-11-26-18)21-7-2-3-8-22(21)30/h2-11,13,17,30H,12,14-15H2,1H3. The Labute approximate surface area is 194 Å². The Bertz CT molecular complexity index is 1340. The smallest absolute Gasteiger partial charge is 0.232 e. The second-order valence-electron chi connectivity index (χ2n) is 8.02. The van der Waals surface area contributed by atoms with Gasteiger partial charge < -0.3 is 14.9 Å². The number of fused-ring (bicyclic) bond motifs is 1. The van der Waals surface area contributed by atoms with E-state index in [1.165, 1.54) is 4.90 Å². The van der Waals surface area contributed by atoms with Crippen LogP contribution in [-0.2, 0) is 16.1 Å². The van der Waals surface area contributed by atoms with Crippen molar-refractivity contribution < 1.29 is 14.7 Å². The molecule has 166 valence electrons. The largest absolute Gasteiger partial charge is 0.506 e. The molecule has 0 radical (unpaired) electrons. The van der Waals surface area contributed by atoms with E-state index in [0.717, 1.165) is 20.9 Å². The normalized spacial score (nSPS) is 15.8. The quantitative estimate of drug-likeness (QED) is 0.482. The van der Waals surface area contributed by atoms with Gasteiger partial charge in [0.25, 0.3) is 0 Å². The lowest BCUT2D eigenvalue weighted by Crippen LogP contribution is -2.37. The molecule has 2 aromatic carbocycles. The number of benzene rings is 2. The minimum Gasteiger partial charge on any atom is -0.506 e. The van der Waals surface area contributed by atoms with Gasteiger partial charge in [-0.3, -0.25) is 14.6 Å². The van der Waals surface area contributed by atoms with Crippen LogP contribution < -0.4 is 9.80 Å². The molecule has 2 aromatic heterocycles. The molecule has 0 bridgehead atoms. The predicted octanol–water partition coefficient (Wildman–Crippen LogP) is 4.29. The first-order valence-corrected chi connectivity index (χ1v) is 11.5. The van der Waals surface area contributed by atoms with Crippen molar-refractivity contribution in [3.05, 3.63) is 77.6 Å². The highest BCUT2D eigenvalue weighted by Crippen LogP contribution is 2.34. The van der Waals surface area contributed by atoms with E-state index >= 15 is 0 Å². The third-order valence-electron chi connectivity index (χ3n) is 5.75. The summed E-state index contributed by atoms with van der Waals surface area (Å²) in [6, 6.07) is 18.0. The molecule has 2 amide bonds. The van der Waals surface area contributed by atoms with Crippen LogP contribution in [0.5, 0.6) is 5.75 Å². The molecule has 1 atom stereocenters. The van der Waals surface area contributed by atoms with Crippen LogP contribution in [0.1, 0.15) is 17.1 Å². The Morgan fingerprint density at radius 1 is 1.18 bits per heavy atom. The number of carbonyl (C=O) groups excluding carboxylic acids is 2. The zero-order valence-corrected chi connectivity index (χ0v) is 18.8. The summed E-state index contributed by atoms with van der Waals surface area (Å²) in [6.07, 6.45) is 1.78. The number of nitrogens with zero attached hydrogens (tertiary/aromatic N) is 4. The summed E-state index contributed by atoms with van der Waals surface area (Å²) in [4.78, 5) is 38.6. The van der Waals surface area contributed by atoms with Crippen LogP contribution in [-0.4, -0.2) is 33.4 Å². The SMILES string of the molecule is Cc1nc2cc(N3CC(C(=O)N(Cc4ccccn4)c4ccccc4O)CC3=O)ccc2s1. The van der Waals surface area contributed by atoms with Gasteiger partial charge in [0.2, 0.25) is 11.8 Å². The molecule has 0 spiro atoms. The average molecular weight is 459 g/mol. The first-order chi connectivity index (χ1) is 16.0. The van der Waals surface area contributed by atoms with E-state index in [1.54, 1.807) is 46.7 Å². The minimum atomic E-state index is -0.534. The second-order valence-corrected chi connectivity index (χ2v) is 9.26. The summed E-state index contributed by atoms with van der Waals surface area (Å²) in [5, 5.41) is 11.4. The number of aromatic hydroxyl groups is 1. The Morgan fingerprint density at radius 3 is 2.79 bits per heavy atom. The fourth-order valence-electron chi connectivity index (χ4n) is 4.17. The van der Waals surface area contributed by atoms with Gasteiger partial charge >= 0.3 is 0 Å². The molecule has 1 saturated heterocycles. The summed E-state index contributed by atoms with van der Waals surface area (Å²) >= 11 is 1.61. The highest BCUT2D eigenvalue weighted by Gasteiger charge is 2.38. The van der Waals surface area contributed by atoms with Crippen molar-refractivity contribution in [1.29, 1.82) is 0 Å². The number of carbonyl (C=O) groups is 2. The van der Waals surface area contributed by atoms with Crippen LogP contribution >= 0.6 is 11.3 Å². The van der Waals surface area contributed by atoms with Crippen LogP contribution in [0, 0.1) is 12.8 Å². The van der Waals surface area contributed by atoms with Crippen molar-refractivity contribution in [3.8, 4) is 5.75 Å². The number of pyridine rings is 1. The number of anilines is 2. The molecule has 1 aliphatic rings. The fourth-order valence-corrected chi connectivity index (χ4v) is 4.98. The maximum Gasteiger partial charge on any atom is 0.232 e. The molecule has 1 N–H and O–H groups in total. The van der Waals surface area contributed by atoms with E-state index in [9.17, 15) is 14.7 Å². The average Bonchev–Trinajstić information content (AvgIpc) is 3.39. The maximum absolute atomic E-state index is 13.6. The van der Waals surface area contributed by atoms with Crippen molar-refractivity contribution in [1.82, 2.24) is 9.97 Å². The van der Waals surface area contributed by atoms with E-state index in [1.807, 2.05) is 43.3 Å². The molecule has 1 aliphatic heterocycles. The second kappa shape index (κ2) is 8.63. The van der Waals surface area contributed by atoms with E-state index in [-0.39, 0.29) is 37.1 Å². The Kier molecular flexibility index (Phi) is 5.51. The molecule has 8 heteroatoms. The van der Waals surface area contributed by atoms with E-state index in [2.05, 4.69) is 9.97 Å². The van der Waals surface area contributed by atoms with E-state index < -0.39 is 5.92 Å². The van der Waals surface area contributed by atoms with Gasteiger partial charge in [-0.05, 0) is 49.4 Å². The Balaban J connectivity index is 1.43. The molecule has 5 rings (SSSR count). The number of hydrogen-bond donors (Lipinski definition) is 1. The zero-order chi connectivity index (χ0) is 22.9. The highest BCUT2D eigenvalue weighted by atomic mass is 32.1. The number of rotatable bonds is 5. The number of phenols is 1. The number of aryl methyl sites for hydroxylation is 1. The molecule has 0 aliphatic carbocycles. The van der Waals surface area contributed by atoms with Crippen molar-refractivity contribution in [2.75, 3.05) is 16.3 Å². The van der Waals surface area contributed by atoms with Crippen LogP contribution in [0.4, 0.5) is 11.4 Å². The lowest BCUT2D eigenvalue weighted by molar-refractivity contribution is -0.124. The molecule has 3 heterocycles. The van der Waals surface area contributed by atoms with Crippen molar-refractivity contribution in [3.63, 3.8) is 0 Å². The number of para-hydroxylation sites is 2. The van der Waals surface area contributed by atoms with Crippen LogP contribution in [0.15, 0.2) is 66.9 Å². The van der Waals surface area contributed by atoms with Gasteiger partial charge in [0.1, 0.15) is 5.75 Å². The van der Waals surface area contributed by atoms with Gasteiger partial charge in [0.15, 0.2) is 0 Å². The minimum absolute atomic E-state index is 0.00677. The maximum atomic E-state index is 13.6. The molecule has 7 nitrogen and oxygen atoms in total. The molecule has 33 heavy (non-hydrogen) atoms. The highest BCUT2D eigenvalue weighted by molar-refractivity contribution is 7.18. The van der Waals surface area contributed by atoms with Gasteiger partial charge in [0.05, 0.1) is 39.1 Å². The van der Waals surface area contributed by atoms with Crippen LogP contribution in [0.3, 0.4) is 0 Å². The first-order valence-electron chi connectivity index (χ1n) is 10.7. The van der Waals surface area contributed by atoms with Gasteiger partial charge in [-0.1, -0.05) is 18.2 Å². The third kappa shape index (κ3) is 4.17. The van der Waals surface area contributed by atoms with Crippen LogP contribution in [0.25, 0.3) is 10.2 Å². The lowest BCUT2D eigenvalue weighted by Gasteiger charge is -2.26. The summed E-state index contributed by atoms with van der Waals surface area (Å²) in [5.41, 5.74) is 2.69.